The third-order valence-electron chi connectivity index (χ3n) is 2.74. The molecule has 0 fully saturated rings. The molecule has 0 saturated carbocycles. The van der Waals surface area contributed by atoms with Gasteiger partial charge in [0.25, 0.3) is 0 Å². The molecule has 0 aliphatic heterocycles. The number of anilines is 1. The molecule has 4 nitrogen and oxygen atoms in total. The molecule has 0 radical (unpaired) electrons. The van der Waals surface area contributed by atoms with Gasteiger partial charge in [-0.1, -0.05) is 25.1 Å². The first kappa shape index (κ1) is 16.3. The van der Waals surface area contributed by atoms with Crippen LogP contribution in [0.25, 0.3) is 0 Å². The maximum absolute atomic E-state index is 11.4. The minimum atomic E-state index is -0.442. The summed E-state index contributed by atoms with van der Waals surface area (Å²) in [6, 6.07) is 8.29. The first-order valence-electron chi connectivity index (χ1n) is 7.21. The van der Waals surface area contributed by atoms with Crippen LogP contribution in [0.4, 0.5) is 10.5 Å². The average Bonchev–Trinajstić information content (AvgIpc) is 2.36. The first-order valence-corrected chi connectivity index (χ1v) is 7.21. The maximum Gasteiger partial charge on any atom is 0.407 e. The zero-order valence-electron chi connectivity index (χ0n) is 13.0. The van der Waals surface area contributed by atoms with Crippen molar-refractivity contribution in [2.24, 2.45) is 0 Å². The standard InChI is InChI=1S/C16H26N2O2/c1-5-13-9-6-7-10-14(13)17-11-8-12-18-15(19)20-16(2,3)4/h6-7,9-10,17H,5,8,11-12H2,1-4H3,(H,18,19). The molecule has 1 rings (SSSR count). The van der Waals surface area contributed by atoms with Gasteiger partial charge in [0, 0.05) is 18.8 Å². The molecule has 1 aromatic carbocycles. The minimum Gasteiger partial charge on any atom is -0.444 e. The van der Waals surface area contributed by atoms with Crippen molar-refractivity contribution >= 4 is 11.8 Å². The Morgan fingerprint density at radius 1 is 1.20 bits per heavy atom. The highest BCUT2D eigenvalue weighted by Crippen LogP contribution is 2.15. The second kappa shape index (κ2) is 7.78. The van der Waals surface area contributed by atoms with Crippen molar-refractivity contribution in [3.8, 4) is 0 Å². The summed E-state index contributed by atoms with van der Waals surface area (Å²) in [5.41, 5.74) is 2.04. The predicted octanol–water partition coefficient (Wildman–Crippen LogP) is 3.58. The molecule has 2 N–H and O–H groups in total. The van der Waals surface area contributed by atoms with Crippen LogP contribution in [0.1, 0.15) is 39.7 Å². The summed E-state index contributed by atoms with van der Waals surface area (Å²) < 4.78 is 5.17. The van der Waals surface area contributed by atoms with Crippen LogP contribution in [0.15, 0.2) is 24.3 Å². The van der Waals surface area contributed by atoms with Crippen molar-refractivity contribution in [2.75, 3.05) is 18.4 Å². The van der Waals surface area contributed by atoms with E-state index in [4.69, 9.17) is 4.74 Å². The second-order valence-electron chi connectivity index (χ2n) is 5.72. The van der Waals surface area contributed by atoms with Gasteiger partial charge in [0.2, 0.25) is 0 Å². The second-order valence-corrected chi connectivity index (χ2v) is 5.72. The smallest absolute Gasteiger partial charge is 0.407 e. The predicted molar refractivity (Wildman–Crippen MR) is 83.2 cm³/mol. The monoisotopic (exact) mass is 278 g/mol. The normalized spacial score (nSPS) is 11.0. The van der Waals surface area contributed by atoms with E-state index in [1.54, 1.807) is 0 Å². The van der Waals surface area contributed by atoms with Crippen molar-refractivity contribution in [2.45, 2.75) is 46.1 Å². The average molecular weight is 278 g/mol. The van der Waals surface area contributed by atoms with Gasteiger partial charge in [-0.2, -0.15) is 0 Å². The minimum absolute atomic E-state index is 0.355. The van der Waals surface area contributed by atoms with Crippen molar-refractivity contribution in [3.05, 3.63) is 29.8 Å². The number of aryl methyl sites for hydroxylation is 1. The van der Waals surface area contributed by atoms with E-state index in [2.05, 4.69) is 29.7 Å². The zero-order valence-corrected chi connectivity index (χ0v) is 13.0. The molecule has 112 valence electrons. The van der Waals surface area contributed by atoms with Gasteiger partial charge in [0.1, 0.15) is 5.60 Å². The highest BCUT2D eigenvalue weighted by atomic mass is 16.6. The number of alkyl carbamates (subject to hydrolysis) is 1. The molecule has 1 amide bonds. The van der Waals surface area contributed by atoms with E-state index in [0.717, 1.165) is 19.4 Å². The fraction of sp³-hybridized carbons (Fsp3) is 0.562. The highest BCUT2D eigenvalue weighted by Gasteiger charge is 2.15. The molecule has 0 aliphatic carbocycles. The van der Waals surface area contributed by atoms with Gasteiger partial charge >= 0.3 is 6.09 Å². The lowest BCUT2D eigenvalue weighted by molar-refractivity contribution is 0.0528. The van der Waals surface area contributed by atoms with E-state index >= 15 is 0 Å². The van der Waals surface area contributed by atoms with Gasteiger partial charge in [-0.25, -0.2) is 4.79 Å². The lowest BCUT2D eigenvalue weighted by atomic mass is 10.1. The van der Waals surface area contributed by atoms with Crippen LogP contribution in [0, 0.1) is 0 Å². The zero-order chi connectivity index (χ0) is 15.0. The molecule has 0 atom stereocenters. The molecule has 0 unspecified atom stereocenters. The summed E-state index contributed by atoms with van der Waals surface area (Å²) in [7, 11) is 0. The lowest BCUT2D eigenvalue weighted by Gasteiger charge is -2.19. The Bertz CT molecular complexity index is 425. The van der Waals surface area contributed by atoms with Crippen molar-refractivity contribution in [3.63, 3.8) is 0 Å². The molecule has 0 saturated heterocycles. The maximum atomic E-state index is 11.4. The highest BCUT2D eigenvalue weighted by molar-refractivity contribution is 5.67. The van der Waals surface area contributed by atoms with Crippen molar-refractivity contribution in [1.82, 2.24) is 5.32 Å². The Morgan fingerprint density at radius 3 is 2.55 bits per heavy atom. The Labute approximate surface area is 121 Å². The van der Waals surface area contributed by atoms with Crippen LogP contribution in [0.5, 0.6) is 0 Å². The molecular weight excluding hydrogens is 252 g/mol. The largest absolute Gasteiger partial charge is 0.444 e. The van der Waals surface area contributed by atoms with E-state index in [9.17, 15) is 4.79 Å². The van der Waals surface area contributed by atoms with Gasteiger partial charge < -0.3 is 15.4 Å². The van der Waals surface area contributed by atoms with Crippen molar-refractivity contribution in [1.29, 1.82) is 0 Å². The number of hydrogen-bond acceptors (Lipinski definition) is 3. The molecule has 0 bridgehead atoms. The van der Waals surface area contributed by atoms with Crippen LogP contribution in [0.2, 0.25) is 0 Å². The first-order chi connectivity index (χ1) is 9.42. The molecule has 0 spiro atoms. The van der Waals surface area contributed by atoms with Crippen molar-refractivity contribution < 1.29 is 9.53 Å². The fourth-order valence-electron chi connectivity index (χ4n) is 1.82. The molecular formula is C16H26N2O2. The SMILES string of the molecule is CCc1ccccc1NCCCNC(=O)OC(C)(C)C. The number of carbonyl (C=O) groups is 1. The number of amides is 1. The fourth-order valence-corrected chi connectivity index (χ4v) is 1.82. The van der Waals surface area contributed by atoms with Gasteiger partial charge in [0.05, 0.1) is 0 Å². The summed E-state index contributed by atoms with van der Waals surface area (Å²) in [5, 5.41) is 6.15. The van der Waals surface area contributed by atoms with E-state index in [0.29, 0.717) is 6.54 Å². The number of rotatable bonds is 6. The van der Waals surface area contributed by atoms with E-state index in [1.807, 2.05) is 32.9 Å². The third-order valence-corrected chi connectivity index (χ3v) is 2.74. The van der Waals surface area contributed by atoms with E-state index in [1.165, 1.54) is 11.3 Å². The topological polar surface area (TPSA) is 50.4 Å². The molecule has 1 aromatic rings. The van der Waals surface area contributed by atoms with E-state index < -0.39 is 5.60 Å². The lowest BCUT2D eigenvalue weighted by Crippen LogP contribution is -2.33. The van der Waals surface area contributed by atoms with Crippen LogP contribution in [0.3, 0.4) is 0 Å². The molecule has 0 aromatic heterocycles. The number of carbonyl (C=O) groups excluding carboxylic acids is 1. The van der Waals surface area contributed by atoms with Crippen LogP contribution in [-0.4, -0.2) is 24.8 Å². The quantitative estimate of drug-likeness (QED) is 0.782. The van der Waals surface area contributed by atoms with Gasteiger partial charge in [0.15, 0.2) is 0 Å². The summed E-state index contributed by atoms with van der Waals surface area (Å²) >= 11 is 0. The third kappa shape index (κ3) is 6.45. The summed E-state index contributed by atoms with van der Waals surface area (Å²) in [4.78, 5) is 11.4. The number of hydrogen-bond donors (Lipinski definition) is 2. The number of benzene rings is 1. The molecule has 20 heavy (non-hydrogen) atoms. The summed E-state index contributed by atoms with van der Waals surface area (Å²) in [5.74, 6) is 0. The van der Waals surface area contributed by atoms with Crippen LogP contribution >= 0.6 is 0 Å². The van der Waals surface area contributed by atoms with Gasteiger partial charge in [-0.05, 0) is 45.2 Å². The molecule has 4 heteroatoms. The van der Waals surface area contributed by atoms with Crippen LogP contribution in [-0.2, 0) is 11.2 Å². The Balaban J connectivity index is 2.21. The molecule has 0 heterocycles. The number of nitrogens with one attached hydrogen (secondary N) is 2. The van der Waals surface area contributed by atoms with Gasteiger partial charge in [-0.3, -0.25) is 0 Å². The van der Waals surface area contributed by atoms with E-state index in [-0.39, 0.29) is 6.09 Å². The Hall–Kier alpha value is -1.71. The number of para-hydroxylation sites is 1. The molecule has 0 aliphatic rings. The summed E-state index contributed by atoms with van der Waals surface area (Å²) in [6.07, 6.45) is 1.52. The Morgan fingerprint density at radius 2 is 1.90 bits per heavy atom. The number of ether oxygens (including phenoxy) is 1. The van der Waals surface area contributed by atoms with Gasteiger partial charge in [-0.15, -0.1) is 0 Å². The Kier molecular flexibility index (Phi) is 6.36. The summed E-state index contributed by atoms with van der Waals surface area (Å²) in [6.45, 7) is 9.15. The van der Waals surface area contributed by atoms with Crippen LogP contribution < -0.4 is 10.6 Å².